The van der Waals surface area contributed by atoms with Crippen LogP contribution in [0.15, 0.2) is 64.4 Å². The number of amides is 1. The topological polar surface area (TPSA) is 127 Å². The summed E-state index contributed by atoms with van der Waals surface area (Å²) in [5, 5.41) is 16.0. The Balaban J connectivity index is 1.01. The van der Waals surface area contributed by atoms with Crippen molar-refractivity contribution in [2.45, 2.75) is 43.5 Å². The molecule has 2 aliphatic heterocycles. The van der Waals surface area contributed by atoms with E-state index in [4.69, 9.17) is 4.63 Å². The SMILES string of the molecule is O=C(C1CCN(S(=O)(=O)c2cccc3nonc23)CC1)N1CCC(Cc2nncn2Cc2ccccc2)CC1. The standard InChI is InChI=1S/C27H31N7O4S/c35-27(22-11-15-34(16-12-22)39(36,37)24-8-4-7-23-26(24)31-38-30-23)32-13-9-20(10-14-32)17-25-29-28-19-33(25)18-21-5-2-1-3-6-21/h1-8,19-20,22H,9-18H2. The van der Waals surface area contributed by atoms with Crippen molar-refractivity contribution in [3.63, 3.8) is 0 Å². The van der Waals surface area contributed by atoms with Crippen LogP contribution in [0.25, 0.3) is 11.0 Å². The van der Waals surface area contributed by atoms with Crippen LogP contribution in [0.5, 0.6) is 0 Å². The molecule has 11 nitrogen and oxygen atoms in total. The molecule has 12 heteroatoms. The van der Waals surface area contributed by atoms with E-state index in [1.165, 1.54) is 15.9 Å². The van der Waals surface area contributed by atoms with Crippen molar-refractivity contribution in [3.05, 3.63) is 66.2 Å². The van der Waals surface area contributed by atoms with Crippen LogP contribution in [0.1, 0.15) is 37.1 Å². The lowest BCUT2D eigenvalue weighted by molar-refractivity contribution is -0.138. The van der Waals surface area contributed by atoms with Gasteiger partial charge in [-0.1, -0.05) is 36.4 Å². The fraction of sp³-hybridized carbons (Fsp3) is 0.444. The summed E-state index contributed by atoms with van der Waals surface area (Å²) in [5.41, 5.74) is 1.85. The molecule has 4 aromatic rings. The number of sulfonamides is 1. The Hall–Kier alpha value is -3.64. The number of carbonyl (C=O) groups excluding carboxylic acids is 1. The van der Waals surface area contributed by atoms with Crippen LogP contribution < -0.4 is 0 Å². The average molecular weight is 550 g/mol. The summed E-state index contributed by atoms with van der Waals surface area (Å²) in [6.45, 7) is 2.79. The highest BCUT2D eigenvalue weighted by Crippen LogP contribution is 2.29. The molecular formula is C27H31N7O4S. The van der Waals surface area contributed by atoms with E-state index in [0.717, 1.165) is 44.7 Å². The van der Waals surface area contributed by atoms with Gasteiger partial charge in [0.15, 0.2) is 5.52 Å². The molecule has 0 radical (unpaired) electrons. The van der Waals surface area contributed by atoms with E-state index in [-0.39, 0.29) is 22.2 Å². The van der Waals surface area contributed by atoms with Gasteiger partial charge >= 0.3 is 0 Å². The molecule has 39 heavy (non-hydrogen) atoms. The largest absolute Gasteiger partial charge is 0.342 e. The molecule has 2 fully saturated rings. The minimum absolute atomic E-state index is 0.0905. The third-order valence-electron chi connectivity index (χ3n) is 7.96. The summed E-state index contributed by atoms with van der Waals surface area (Å²) in [7, 11) is -3.76. The van der Waals surface area contributed by atoms with Gasteiger partial charge in [-0.05, 0) is 59.6 Å². The number of carbonyl (C=O) groups is 1. The monoisotopic (exact) mass is 549 g/mol. The van der Waals surface area contributed by atoms with Crippen LogP contribution >= 0.6 is 0 Å². The number of hydrogen-bond donors (Lipinski definition) is 0. The van der Waals surface area contributed by atoms with E-state index in [1.54, 1.807) is 18.5 Å². The minimum Gasteiger partial charge on any atom is -0.342 e. The van der Waals surface area contributed by atoms with Crippen molar-refractivity contribution in [1.82, 2.24) is 34.3 Å². The van der Waals surface area contributed by atoms with E-state index < -0.39 is 10.0 Å². The zero-order valence-electron chi connectivity index (χ0n) is 21.6. The molecule has 0 bridgehead atoms. The number of fused-ring (bicyclic) bond motifs is 1. The van der Waals surface area contributed by atoms with Crippen LogP contribution in [0.4, 0.5) is 0 Å². The smallest absolute Gasteiger partial charge is 0.245 e. The molecule has 2 saturated heterocycles. The first-order valence-electron chi connectivity index (χ1n) is 13.4. The van der Waals surface area contributed by atoms with Crippen LogP contribution in [0.2, 0.25) is 0 Å². The molecule has 1 amide bonds. The van der Waals surface area contributed by atoms with Crippen molar-refractivity contribution in [2.75, 3.05) is 26.2 Å². The molecule has 0 N–H and O–H groups in total. The maximum Gasteiger partial charge on any atom is 0.245 e. The van der Waals surface area contributed by atoms with Gasteiger partial charge in [0.2, 0.25) is 15.9 Å². The number of benzene rings is 2. The van der Waals surface area contributed by atoms with E-state index in [2.05, 4.69) is 37.2 Å². The predicted molar refractivity (Wildman–Crippen MR) is 142 cm³/mol. The second kappa shape index (κ2) is 10.9. The molecular weight excluding hydrogens is 518 g/mol. The van der Waals surface area contributed by atoms with Gasteiger partial charge in [-0.25, -0.2) is 13.0 Å². The highest BCUT2D eigenvalue weighted by atomic mass is 32.2. The number of piperidine rings is 2. The highest BCUT2D eigenvalue weighted by molar-refractivity contribution is 7.89. The molecule has 204 valence electrons. The summed E-state index contributed by atoms with van der Waals surface area (Å²) in [4.78, 5) is 15.4. The van der Waals surface area contributed by atoms with E-state index in [0.29, 0.717) is 37.4 Å². The highest BCUT2D eigenvalue weighted by Gasteiger charge is 2.36. The lowest BCUT2D eigenvalue weighted by atomic mass is 9.90. The fourth-order valence-corrected chi connectivity index (χ4v) is 7.30. The summed E-state index contributed by atoms with van der Waals surface area (Å²) in [6.07, 6.45) is 5.50. The lowest BCUT2D eigenvalue weighted by Gasteiger charge is -2.37. The van der Waals surface area contributed by atoms with Crippen LogP contribution in [-0.4, -0.2) is 74.8 Å². The molecule has 0 atom stereocenters. The number of hydrogen-bond acceptors (Lipinski definition) is 8. The molecule has 0 spiro atoms. The number of rotatable bonds is 7. The number of aromatic nitrogens is 5. The molecule has 0 unspecified atom stereocenters. The van der Waals surface area contributed by atoms with Gasteiger partial charge in [0.25, 0.3) is 0 Å². The van der Waals surface area contributed by atoms with E-state index in [9.17, 15) is 13.2 Å². The van der Waals surface area contributed by atoms with Crippen LogP contribution in [0, 0.1) is 11.8 Å². The van der Waals surface area contributed by atoms with Gasteiger partial charge in [0, 0.05) is 38.5 Å². The Labute approximate surface area is 226 Å². The Morgan fingerprint density at radius 2 is 1.69 bits per heavy atom. The Bertz CT molecular complexity index is 1540. The second-order valence-corrected chi connectivity index (χ2v) is 12.3. The predicted octanol–water partition coefficient (Wildman–Crippen LogP) is 2.74. The van der Waals surface area contributed by atoms with Gasteiger partial charge in [-0.2, -0.15) is 4.31 Å². The first kappa shape index (κ1) is 25.6. The summed E-state index contributed by atoms with van der Waals surface area (Å²) in [5.74, 6) is 1.41. The fourth-order valence-electron chi connectivity index (χ4n) is 5.69. The van der Waals surface area contributed by atoms with E-state index >= 15 is 0 Å². The zero-order chi connectivity index (χ0) is 26.8. The normalized spacial score (nSPS) is 18.1. The summed E-state index contributed by atoms with van der Waals surface area (Å²) >= 11 is 0. The Morgan fingerprint density at radius 1 is 0.923 bits per heavy atom. The molecule has 0 aliphatic carbocycles. The number of likely N-dealkylation sites (tertiary alicyclic amines) is 1. The Kier molecular flexibility index (Phi) is 7.13. The minimum atomic E-state index is -3.76. The Morgan fingerprint density at radius 3 is 2.46 bits per heavy atom. The van der Waals surface area contributed by atoms with Crippen molar-refractivity contribution in [3.8, 4) is 0 Å². The van der Waals surface area contributed by atoms with Crippen molar-refractivity contribution >= 4 is 27.0 Å². The number of nitrogens with zero attached hydrogens (tertiary/aromatic N) is 7. The summed E-state index contributed by atoms with van der Waals surface area (Å²) < 4.78 is 34.8. The van der Waals surface area contributed by atoms with Gasteiger partial charge in [0.05, 0.1) is 6.54 Å². The van der Waals surface area contributed by atoms with Crippen molar-refractivity contribution in [2.24, 2.45) is 11.8 Å². The molecule has 2 aromatic heterocycles. The van der Waals surface area contributed by atoms with Crippen LogP contribution in [-0.2, 0) is 27.8 Å². The molecule has 2 aliphatic rings. The maximum atomic E-state index is 13.3. The van der Waals surface area contributed by atoms with Gasteiger partial charge < -0.3 is 9.47 Å². The molecule has 6 rings (SSSR count). The molecule has 4 heterocycles. The van der Waals surface area contributed by atoms with Gasteiger partial charge in [-0.3, -0.25) is 4.79 Å². The van der Waals surface area contributed by atoms with E-state index in [1.807, 2.05) is 23.1 Å². The van der Waals surface area contributed by atoms with Crippen molar-refractivity contribution < 1.29 is 17.8 Å². The molecule has 0 saturated carbocycles. The average Bonchev–Trinajstić information content (AvgIpc) is 3.63. The van der Waals surface area contributed by atoms with Crippen LogP contribution in [0.3, 0.4) is 0 Å². The zero-order valence-corrected chi connectivity index (χ0v) is 22.4. The van der Waals surface area contributed by atoms with Gasteiger partial charge in [-0.15, -0.1) is 10.2 Å². The quantitative estimate of drug-likeness (QED) is 0.344. The summed E-state index contributed by atoms with van der Waals surface area (Å²) in [6, 6.07) is 15.1. The van der Waals surface area contributed by atoms with Gasteiger partial charge in [0.1, 0.15) is 22.6 Å². The third-order valence-corrected chi connectivity index (χ3v) is 9.89. The maximum absolute atomic E-state index is 13.3. The third kappa shape index (κ3) is 5.30. The van der Waals surface area contributed by atoms with Crippen molar-refractivity contribution in [1.29, 1.82) is 0 Å². The second-order valence-electron chi connectivity index (χ2n) is 10.4. The first-order valence-corrected chi connectivity index (χ1v) is 14.8. The molecule has 2 aromatic carbocycles. The lowest BCUT2D eigenvalue weighted by Crippen LogP contribution is -2.46. The first-order chi connectivity index (χ1) is 19.0.